The van der Waals surface area contributed by atoms with Gasteiger partial charge >= 0.3 is 0 Å². The molecule has 0 aromatic heterocycles. The molecule has 0 unspecified atom stereocenters. The van der Waals surface area contributed by atoms with Crippen molar-refractivity contribution >= 4 is 0 Å². The molecule has 2 rings (SSSR count). The van der Waals surface area contributed by atoms with E-state index < -0.39 is 0 Å². The molecule has 2 aliphatic rings. The topological polar surface area (TPSA) is 0 Å². The summed E-state index contributed by atoms with van der Waals surface area (Å²) >= 11 is 0.487. The molecule has 20 heavy (non-hydrogen) atoms. The highest BCUT2D eigenvalue weighted by atomic mass is 127. The molecule has 0 heterocycles. The average Bonchev–Trinajstić information content (AvgIpc) is 2.39. The molecule has 0 aromatic carbocycles. The van der Waals surface area contributed by atoms with Gasteiger partial charge in [0, 0.05) is 0 Å². The Labute approximate surface area is 138 Å². The van der Waals surface area contributed by atoms with Gasteiger partial charge in [0.15, 0.2) is 7.85 Å². The minimum absolute atomic E-state index is 0.487. The Morgan fingerprint density at radius 2 is 1.20 bits per heavy atom. The van der Waals surface area contributed by atoms with E-state index in [1.54, 1.807) is 38.5 Å². The summed E-state index contributed by atoms with van der Waals surface area (Å²) in [6, 6.07) is 0. The van der Waals surface area contributed by atoms with Crippen molar-refractivity contribution in [3.8, 4) is 0 Å². The zero-order valence-electron chi connectivity index (χ0n) is 14.4. The molecule has 0 aromatic rings. The second-order valence-electron chi connectivity index (χ2n) is 8.70. The second-order valence-corrected chi connectivity index (χ2v) is 12.9. The van der Waals surface area contributed by atoms with Crippen molar-refractivity contribution in [3.05, 3.63) is 0 Å². The molecule has 0 nitrogen and oxygen atoms in total. The van der Waals surface area contributed by atoms with Gasteiger partial charge in [-0.1, -0.05) is 34.6 Å². The van der Waals surface area contributed by atoms with E-state index in [9.17, 15) is 0 Å². The van der Waals surface area contributed by atoms with Crippen molar-refractivity contribution in [3.63, 3.8) is 0 Å². The highest BCUT2D eigenvalue weighted by molar-refractivity contribution is 4.81. The molecule has 2 saturated carbocycles. The summed E-state index contributed by atoms with van der Waals surface area (Å²) in [4.78, 5) is 0. The lowest BCUT2D eigenvalue weighted by molar-refractivity contribution is -0.726. The van der Waals surface area contributed by atoms with Gasteiger partial charge in [-0.15, -0.1) is 0 Å². The Balaban J connectivity index is 1.69. The van der Waals surface area contributed by atoms with Crippen LogP contribution in [0.4, 0.5) is 0 Å². The summed E-state index contributed by atoms with van der Waals surface area (Å²) in [5, 5.41) is 0. The van der Waals surface area contributed by atoms with E-state index in [0.717, 1.165) is 17.8 Å². The zero-order chi connectivity index (χ0) is 14.8. The predicted molar refractivity (Wildman–Crippen MR) is 85.8 cm³/mol. The van der Waals surface area contributed by atoms with Crippen molar-refractivity contribution in [1.82, 2.24) is 0 Å². The van der Waals surface area contributed by atoms with E-state index in [1.165, 1.54) is 20.7 Å². The summed E-state index contributed by atoms with van der Waals surface area (Å²) in [5.74, 6) is 2.97. The van der Waals surface area contributed by atoms with Gasteiger partial charge in [-0.25, -0.2) is 0 Å². The number of hydrogen-bond donors (Lipinski definition) is 0. The largest absolute Gasteiger partial charge is 0.275 e. The molecule has 0 atom stereocenters. The quantitative estimate of drug-likeness (QED) is 0.513. The van der Waals surface area contributed by atoms with E-state index in [4.69, 9.17) is 0 Å². The van der Waals surface area contributed by atoms with Crippen LogP contribution in [-0.2, 0) is 0 Å². The molecule has 2 aliphatic carbocycles. The molecular formula is C19H36I+. The van der Waals surface area contributed by atoms with Crippen molar-refractivity contribution in [2.75, 3.05) is 0 Å². The van der Waals surface area contributed by atoms with Gasteiger partial charge in [0.1, 0.15) is 0 Å². The lowest BCUT2D eigenvalue weighted by Gasteiger charge is -2.35. The van der Waals surface area contributed by atoms with Crippen molar-refractivity contribution in [2.24, 2.45) is 23.2 Å². The van der Waals surface area contributed by atoms with E-state index in [2.05, 4.69) is 34.6 Å². The molecule has 0 spiro atoms. The molecular weight excluding hydrogens is 355 g/mol. The zero-order valence-corrected chi connectivity index (χ0v) is 16.6. The number of alkyl halides is 2. The molecule has 0 bridgehead atoms. The Hall–Kier alpha value is 0.730. The van der Waals surface area contributed by atoms with Crippen LogP contribution in [0.2, 0.25) is 0 Å². The molecule has 2 fully saturated rings. The van der Waals surface area contributed by atoms with Gasteiger partial charge in [0.05, 0.1) is 0 Å². The Morgan fingerprint density at radius 3 is 1.60 bits per heavy atom. The van der Waals surface area contributed by atoms with E-state index >= 15 is 0 Å². The van der Waals surface area contributed by atoms with Crippen LogP contribution in [0, 0.1) is 23.2 Å². The lowest BCUT2D eigenvalue weighted by Crippen LogP contribution is -3.68. The third-order valence-corrected chi connectivity index (χ3v) is 10.4. The third kappa shape index (κ3) is 4.88. The van der Waals surface area contributed by atoms with Crippen LogP contribution in [0.25, 0.3) is 0 Å². The molecule has 0 aliphatic heterocycles. The summed E-state index contributed by atoms with van der Waals surface area (Å²) in [6.45, 7) is 12.2. The van der Waals surface area contributed by atoms with E-state index in [-0.39, 0.29) is 0 Å². The van der Waals surface area contributed by atoms with Gasteiger partial charge in [0.2, 0.25) is 0 Å². The number of halogens is 1. The fourth-order valence-corrected chi connectivity index (χ4v) is 8.48. The molecule has 1 heteroatoms. The standard InChI is InChI=1S/C19H36I/c1-14(2)15-6-10-17(11-7-15)20-18-12-8-16(9-13-18)19(3,4)5/h14-18H,6-13H2,1-5H3/q+1. The minimum Gasteiger partial charge on any atom is -0.0625 e. The summed E-state index contributed by atoms with van der Waals surface area (Å²) in [5.41, 5.74) is 0.554. The Kier molecular flexibility index (Phi) is 6.26. The first-order valence-electron chi connectivity index (χ1n) is 8.98. The van der Waals surface area contributed by atoms with Crippen LogP contribution < -0.4 is 21.2 Å². The second kappa shape index (κ2) is 7.33. The first-order valence-corrected chi connectivity index (χ1v) is 11.5. The highest BCUT2D eigenvalue weighted by Crippen LogP contribution is 2.37. The minimum atomic E-state index is 0.487. The lowest BCUT2D eigenvalue weighted by atomic mass is 9.72. The van der Waals surface area contributed by atoms with Crippen LogP contribution in [0.5, 0.6) is 0 Å². The van der Waals surface area contributed by atoms with Crippen LogP contribution in [0.1, 0.15) is 86.0 Å². The van der Waals surface area contributed by atoms with Gasteiger partial charge in [-0.3, -0.25) is 0 Å². The first kappa shape index (κ1) is 17.1. The SMILES string of the molecule is CC(C)C1CCC([I+]C2CCC(C(C)(C)C)CC2)CC1. The maximum absolute atomic E-state index is 2.44. The van der Waals surface area contributed by atoms with Crippen molar-refractivity contribution in [1.29, 1.82) is 0 Å². The molecule has 0 radical (unpaired) electrons. The maximum Gasteiger partial charge on any atom is 0.275 e. The van der Waals surface area contributed by atoms with Crippen LogP contribution >= 0.6 is 0 Å². The fourth-order valence-electron chi connectivity index (χ4n) is 4.17. The summed E-state index contributed by atoms with van der Waals surface area (Å²) < 4.78 is 2.35. The van der Waals surface area contributed by atoms with Gasteiger partial charge in [0.25, 0.3) is 21.2 Å². The first-order chi connectivity index (χ1) is 9.36. The van der Waals surface area contributed by atoms with Gasteiger partial charge in [-0.05, 0) is 74.5 Å². The molecule has 0 N–H and O–H groups in total. The number of rotatable bonds is 3. The Bertz CT molecular complexity index is 273. The average molecular weight is 391 g/mol. The third-order valence-electron chi connectivity index (χ3n) is 5.88. The normalized spacial score (nSPS) is 36.3. The summed E-state index contributed by atoms with van der Waals surface area (Å²) in [6.07, 6.45) is 12.4. The monoisotopic (exact) mass is 391 g/mol. The molecule has 0 saturated heterocycles. The van der Waals surface area contributed by atoms with Crippen molar-refractivity contribution in [2.45, 2.75) is 93.8 Å². The van der Waals surface area contributed by atoms with Crippen LogP contribution in [0.3, 0.4) is 0 Å². The van der Waals surface area contributed by atoms with E-state index in [1.807, 2.05) is 0 Å². The van der Waals surface area contributed by atoms with Crippen LogP contribution in [-0.4, -0.2) is 7.85 Å². The Morgan fingerprint density at radius 1 is 0.750 bits per heavy atom. The van der Waals surface area contributed by atoms with Gasteiger partial charge < -0.3 is 0 Å². The maximum atomic E-state index is 2.44. The predicted octanol–water partition coefficient (Wildman–Crippen LogP) is 2.90. The van der Waals surface area contributed by atoms with Gasteiger partial charge in [-0.2, -0.15) is 0 Å². The molecule has 0 amide bonds. The van der Waals surface area contributed by atoms with E-state index in [0.29, 0.717) is 26.6 Å². The smallest absolute Gasteiger partial charge is 0.0625 e. The highest BCUT2D eigenvalue weighted by Gasteiger charge is 2.39. The van der Waals surface area contributed by atoms with Crippen molar-refractivity contribution < 1.29 is 21.2 Å². The fraction of sp³-hybridized carbons (Fsp3) is 1.00. The number of hydrogen-bond acceptors (Lipinski definition) is 0. The summed E-state index contributed by atoms with van der Waals surface area (Å²) in [7, 11) is 0. The van der Waals surface area contributed by atoms with Crippen LogP contribution in [0.15, 0.2) is 0 Å². The molecule has 118 valence electrons.